The Morgan fingerprint density at radius 2 is 1.92 bits per heavy atom. The highest BCUT2D eigenvalue weighted by Crippen LogP contribution is 2.52. The van der Waals surface area contributed by atoms with Gasteiger partial charge in [0.2, 0.25) is 11.7 Å². The summed E-state index contributed by atoms with van der Waals surface area (Å²) in [7, 11) is 0. The number of carbonyl (C=O) groups excluding carboxylic acids is 4. The van der Waals surface area contributed by atoms with Crippen LogP contribution in [-0.4, -0.2) is 80.1 Å². The molecule has 2 amide bonds. The van der Waals surface area contributed by atoms with Gasteiger partial charge in [-0.2, -0.15) is 0 Å². The van der Waals surface area contributed by atoms with Crippen molar-refractivity contribution in [2.75, 3.05) is 25.0 Å². The molecule has 0 spiro atoms. The van der Waals surface area contributed by atoms with Crippen LogP contribution in [0.3, 0.4) is 0 Å². The van der Waals surface area contributed by atoms with Gasteiger partial charge in [0, 0.05) is 42.6 Å². The third-order valence-electron chi connectivity index (χ3n) is 7.86. The number of aliphatic hydroxyl groups is 3. The summed E-state index contributed by atoms with van der Waals surface area (Å²) >= 11 is 0. The summed E-state index contributed by atoms with van der Waals surface area (Å²) in [6.07, 6.45) is -1.52. The predicted octanol–water partition coefficient (Wildman–Crippen LogP) is 0.702. The molecule has 1 saturated heterocycles. The van der Waals surface area contributed by atoms with Crippen molar-refractivity contribution in [2.45, 2.75) is 37.5 Å². The Balaban J connectivity index is 1.51. The number of nitrogens with two attached hydrogens (primary N) is 1. The summed E-state index contributed by atoms with van der Waals surface area (Å²) in [5, 5.41) is 45.6. The summed E-state index contributed by atoms with van der Waals surface area (Å²) < 4.78 is 28.6. The van der Waals surface area contributed by atoms with Gasteiger partial charge in [0.1, 0.15) is 29.1 Å². The number of allylic oxidation sites excluding steroid dienone is 2. The molecule has 1 aromatic carbocycles. The number of hydrogen-bond donors (Lipinski definition) is 6. The number of phenolic OH excluding ortho intramolecular Hbond substituents is 1. The lowest BCUT2D eigenvalue weighted by molar-refractivity contribution is -0.144. The number of amides is 2. The van der Waals surface area contributed by atoms with Crippen molar-refractivity contribution >= 4 is 29.1 Å². The molecule has 0 bridgehead atoms. The van der Waals surface area contributed by atoms with Gasteiger partial charge in [0.15, 0.2) is 17.1 Å². The monoisotopic (exact) mass is 533 g/mol. The fraction of sp³-hybridized carbons (Fsp3) is 0.440. The molecule has 5 rings (SSSR count). The second kappa shape index (κ2) is 8.88. The average molecular weight is 533 g/mol. The number of primary amides is 1. The largest absolute Gasteiger partial charge is 0.511 e. The Labute approximate surface area is 214 Å². The van der Waals surface area contributed by atoms with Crippen molar-refractivity contribution in [2.24, 2.45) is 17.6 Å². The molecule has 202 valence electrons. The van der Waals surface area contributed by atoms with E-state index in [0.717, 1.165) is 6.07 Å². The van der Waals surface area contributed by atoms with Gasteiger partial charge >= 0.3 is 0 Å². The molecule has 1 aliphatic heterocycles. The summed E-state index contributed by atoms with van der Waals surface area (Å²) in [6, 6.07) is 0.854. The van der Waals surface area contributed by atoms with E-state index in [4.69, 9.17) is 5.73 Å². The zero-order valence-corrected chi connectivity index (χ0v) is 20.0. The first-order chi connectivity index (χ1) is 17.8. The van der Waals surface area contributed by atoms with Crippen molar-refractivity contribution in [3.8, 4) is 5.75 Å². The van der Waals surface area contributed by atoms with E-state index >= 15 is 4.39 Å². The minimum atomic E-state index is -2.74. The number of nitrogens with one attached hydrogen (secondary N) is 1. The Morgan fingerprint density at radius 3 is 2.55 bits per heavy atom. The SMILES string of the molecule is NC(=O)C1=C(O)C[C@@H]2CC3Cc4c(F)cc(NC(=O)CN5CC[C@H](F)C5)c(O)c4C(=O)C3=C(O)[C@]2(O)C1=O. The minimum absolute atomic E-state index is 0.0539. The Kier molecular flexibility index (Phi) is 6.03. The third-order valence-corrected chi connectivity index (χ3v) is 7.86. The quantitative estimate of drug-likeness (QED) is 0.239. The second-order valence-electron chi connectivity index (χ2n) is 10.2. The van der Waals surface area contributed by atoms with Gasteiger partial charge in [0.25, 0.3) is 5.91 Å². The molecule has 0 aromatic heterocycles. The smallest absolute Gasteiger partial charge is 0.255 e. The molecule has 3 aliphatic carbocycles. The molecule has 1 aromatic rings. The van der Waals surface area contributed by atoms with Crippen LogP contribution in [-0.2, 0) is 20.8 Å². The lowest BCUT2D eigenvalue weighted by Crippen LogP contribution is -2.57. The van der Waals surface area contributed by atoms with Gasteiger partial charge in [-0.25, -0.2) is 8.78 Å². The number of Topliss-reactive ketones (excluding diaryl/α,β-unsaturated/α-hetero) is 2. The van der Waals surface area contributed by atoms with Crippen molar-refractivity contribution in [1.82, 2.24) is 4.90 Å². The summed E-state index contributed by atoms with van der Waals surface area (Å²) in [5.41, 5.74) is -0.0676. The normalized spacial score (nSPS) is 29.2. The average Bonchev–Trinajstić information content (AvgIpc) is 3.23. The second-order valence-corrected chi connectivity index (χ2v) is 10.2. The van der Waals surface area contributed by atoms with Gasteiger partial charge in [-0.1, -0.05) is 0 Å². The van der Waals surface area contributed by atoms with Gasteiger partial charge < -0.3 is 31.5 Å². The molecular weight excluding hydrogens is 508 g/mol. The number of aromatic hydroxyl groups is 1. The Hall–Kier alpha value is -3.84. The van der Waals surface area contributed by atoms with E-state index in [2.05, 4.69) is 5.32 Å². The van der Waals surface area contributed by atoms with Gasteiger partial charge in [0.05, 0.1) is 17.8 Å². The van der Waals surface area contributed by atoms with E-state index in [-0.39, 0.29) is 37.9 Å². The highest BCUT2D eigenvalue weighted by molar-refractivity contribution is 6.24. The summed E-state index contributed by atoms with van der Waals surface area (Å²) in [6.45, 7) is 0.178. The molecule has 13 heteroatoms. The lowest BCUT2D eigenvalue weighted by Gasteiger charge is -2.45. The fourth-order valence-corrected chi connectivity index (χ4v) is 6.06. The number of ketones is 2. The Morgan fingerprint density at radius 1 is 1.21 bits per heavy atom. The number of anilines is 1. The number of fused-ring (bicyclic) bond motifs is 3. The first kappa shape index (κ1) is 25.8. The fourth-order valence-electron chi connectivity index (χ4n) is 6.06. The first-order valence-corrected chi connectivity index (χ1v) is 12.0. The van der Waals surface area contributed by atoms with Crippen LogP contribution in [0.1, 0.15) is 35.2 Å². The van der Waals surface area contributed by atoms with Crippen LogP contribution in [0.5, 0.6) is 5.75 Å². The predicted molar refractivity (Wildman–Crippen MR) is 125 cm³/mol. The van der Waals surface area contributed by atoms with Crippen molar-refractivity contribution in [3.05, 3.63) is 45.7 Å². The maximum Gasteiger partial charge on any atom is 0.255 e. The van der Waals surface area contributed by atoms with Gasteiger partial charge in [-0.3, -0.25) is 24.1 Å². The highest BCUT2D eigenvalue weighted by Gasteiger charge is 2.59. The molecule has 4 atom stereocenters. The van der Waals surface area contributed by atoms with Gasteiger partial charge in [-0.05, 0) is 25.2 Å². The van der Waals surface area contributed by atoms with Crippen molar-refractivity contribution in [3.63, 3.8) is 0 Å². The van der Waals surface area contributed by atoms with Crippen LogP contribution >= 0.6 is 0 Å². The van der Waals surface area contributed by atoms with E-state index in [1.807, 2.05) is 0 Å². The van der Waals surface area contributed by atoms with E-state index in [1.54, 1.807) is 0 Å². The summed E-state index contributed by atoms with van der Waals surface area (Å²) in [4.78, 5) is 52.2. The number of benzene rings is 1. The van der Waals surface area contributed by atoms with Crippen LogP contribution in [0.25, 0.3) is 0 Å². The molecular formula is C25H25F2N3O8. The Bertz CT molecular complexity index is 1370. The number of nitrogens with zero attached hydrogens (tertiary/aromatic N) is 1. The zero-order chi connectivity index (χ0) is 27.7. The van der Waals surface area contributed by atoms with Crippen LogP contribution in [0.4, 0.5) is 14.5 Å². The standard InChI is InChI=1S/C25H25F2N3O8/c26-11-1-2-30(7-11)8-16(32)29-14-6-13(27)12-4-9-3-10-5-15(31)19(24(28)37)23(36)25(10,38)22(35)17(9)21(34)18(12)20(14)33/h6,9-11,31,33,35,38H,1-5,7-8H2,(H2,28,37)(H,29,32)/t9?,10-,11-,25-/m0/s1. The van der Waals surface area contributed by atoms with E-state index in [1.165, 1.54) is 4.90 Å². The topological polar surface area (TPSA) is 190 Å². The van der Waals surface area contributed by atoms with Gasteiger partial charge in [-0.15, -0.1) is 0 Å². The third kappa shape index (κ3) is 3.76. The molecule has 1 heterocycles. The van der Waals surface area contributed by atoms with Crippen molar-refractivity contribution in [1.29, 1.82) is 0 Å². The molecule has 4 aliphatic rings. The molecule has 1 fully saturated rings. The lowest BCUT2D eigenvalue weighted by atomic mass is 9.60. The number of phenols is 1. The van der Waals surface area contributed by atoms with E-state index in [9.17, 15) is 44.0 Å². The zero-order valence-electron chi connectivity index (χ0n) is 20.0. The molecule has 38 heavy (non-hydrogen) atoms. The number of likely N-dealkylation sites (tertiary alicyclic amines) is 1. The van der Waals surface area contributed by atoms with E-state index < -0.39 is 98.9 Å². The summed E-state index contributed by atoms with van der Waals surface area (Å²) in [5.74, 6) is -9.85. The number of rotatable bonds is 4. The molecule has 0 radical (unpaired) electrons. The maximum absolute atomic E-state index is 15.2. The molecule has 0 saturated carbocycles. The minimum Gasteiger partial charge on any atom is -0.511 e. The molecule has 7 N–H and O–H groups in total. The van der Waals surface area contributed by atoms with Crippen molar-refractivity contribution < 1.29 is 48.4 Å². The van der Waals surface area contributed by atoms with Crippen LogP contribution in [0.2, 0.25) is 0 Å². The number of aliphatic hydroxyl groups excluding tert-OH is 2. The van der Waals surface area contributed by atoms with E-state index in [0.29, 0.717) is 6.54 Å². The molecule has 1 unspecified atom stereocenters. The maximum atomic E-state index is 15.2. The number of alkyl halides is 1. The first-order valence-electron chi connectivity index (χ1n) is 12.0. The number of hydrogen-bond acceptors (Lipinski definition) is 9. The highest BCUT2D eigenvalue weighted by atomic mass is 19.1. The molecule has 11 nitrogen and oxygen atoms in total. The van der Waals surface area contributed by atoms with Crippen LogP contribution < -0.4 is 11.1 Å². The number of halogens is 2. The van der Waals surface area contributed by atoms with Crippen LogP contribution in [0.15, 0.2) is 28.7 Å². The van der Waals surface area contributed by atoms with Crippen LogP contribution in [0, 0.1) is 17.7 Å². The number of carbonyl (C=O) groups is 4.